The molecule has 0 saturated carbocycles. The van der Waals surface area contributed by atoms with Gasteiger partial charge in [-0.25, -0.2) is 14.4 Å². The van der Waals surface area contributed by atoms with Gasteiger partial charge in [0.15, 0.2) is 52.8 Å². The molecule has 2 fully saturated rings. The van der Waals surface area contributed by atoms with E-state index in [1.54, 1.807) is 0 Å². The monoisotopic (exact) mass is 996 g/mol. The molecular weight excluding hydrogens is 945 g/mol. The lowest BCUT2D eigenvalue weighted by Gasteiger charge is -2.45. The smallest absolute Gasteiger partial charge is 0.331 e. The van der Waals surface area contributed by atoms with Crippen LogP contribution in [0.1, 0.15) is 37.5 Å². The average molecular weight is 997 g/mol. The molecule has 0 aliphatic carbocycles. The third kappa shape index (κ3) is 14.7. The standard InChI is InChI=1S/C48H52O23/c1-25(49)63-23-38-44(66-26(2)50)43(59)45(67-27(3)51)47(68-38)71-48(24-65-40(56)17-11-29-8-14-32(53)35(20-29)61-5)46(69-41(57)18-12-30-9-15-33(54)36(21-30)62-6)42(58)37(70-48)22-64-39(55)16-10-28-7-13-31(52)34(19-28)60-4/h7-21,37-38,42-47,52-54,58-59H,22-24H2,1-6H3/t37-,38-,42-,43+,44-,45-,46+,47-,48+/m1/s1. The molecule has 0 radical (unpaired) electrons. The predicted molar refractivity (Wildman–Crippen MR) is 240 cm³/mol. The van der Waals surface area contributed by atoms with Gasteiger partial charge < -0.3 is 82.4 Å². The molecule has 0 aromatic heterocycles. The maximum absolute atomic E-state index is 13.7. The Balaban J connectivity index is 1.56. The van der Waals surface area contributed by atoms with E-state index in [9.17, 15) is 54.3 Å². The van der Waals surface area contributed by atoms with Crippen LogP contribution in [0.2, 0.25) is 0 Å². The van der Waals surface area contributed by atoms with Crippen molar-refractivity contribution >= 4 is 54.0 Å². The molecule has 5 N–H and O–H groups in total. The summed E-state index contributed by atoms with van der Waals surface area (Å²) in [4.78, 5) is 77.0. The Bertz CT molecular complexity index is 2500. The van der Waals surface area contributed by atoms with Gasteiger partial charge >= 0.3 is 35.8 Å². The molecule has 2 aliphatic rings. The molecule has 3 aromatic rings. The maximum Gasteiger partial charge on any atom is 0.331 e. The fourth-order valence-electron chi connectivity index (χ4n) is 7.04. The topological polar surface area (TPSA) is 314 Å². The molecular formula is C48H52O23. The van der Waals surface area contributed by atoms with Crippen molar-refractivity contribution in [1.82, 2.24) is 0 Å². The van der Waals surface area contributed by atoms with Crippen LogP contribution in [0.25, 0.3) is 18.2 Å². The van der Waals surface area contributed by atoms with Crippen molar-refractivity contribution in [3.63, 3.8) is 0 Å². The summed E-state index contributed by atoms with van der Waals surface area (Å²) in [7, 11) is 3.94. The largest absolute Gasteiger partial charge is 0.504 e. The van der Waals surface area contributed by atoms with Gasteiger partial charge in [-0.15, -0.1) is 0 Å². The molecule has 71 heavy (non-hydrogen) atoms. The van der Waals surface area contributed by atoms with Gasteiger partial charge in [0.05, 0.1) is 21.3 Å². The lowest BCUT2D eigenvalue weighted by molar-refractivity contribution is -0.384. The van der Waals surface area contributed by atoms with Crippen LogP contribution in [-0.2, 0) is 71.4 Å². The molecule has 23 heteroatoms. The summed E-state index contributed by atoms with van der Waals surface area (Å²) in [5.41, 5.74) is 1.09. The number of hydrogen-bond donors (Lipinski definition) is 5. The zero-order valence-electron chi connectivity index (χ0n) is 39.0. The van der Waals surface area contributed by atoms with E-state index in [0.717, 1.165) is 39.0 Å². The Morgan fingerprint density at radius 2 is 1.01 bits per heavy atom. The summed E-state index contributed by atoms with van der Waals surface area (Å²) in [5, 5.41) is 53.6. The van der Waals surface area contributed by atoms with E-state index >= 15 is 0 Å². The third-order valence-corrected chi connectivity index (χ3v) is 10.4. The molecule has 0 amide bonds. The van der Waals surface area contributed by atoms with Crippen molar-refractivity contribution in [2.75, 3.05) is 41.2 Å². The van der Waals surface area contributed by atoms with Gasteiger partial charge in [0.1, 0.15) is 44.2 Å². The maximum atomic E-state index is 13.7. The van der Waals surface area contributed by atoms with Gasteiger partial charge in [0.25, 0.3) is 0 Å². The fourth-order valence-corrected chi connectivity index (χ4v) is 7.04. The Labute approximate surface area is 405 Å². The summed E-state index contributed by atoms with van der Waals surface area (Å²) in [6.07, 6.45) is -8.48. The number of methoxy groups -OCH3 is 3. The van der Waals surface area contributed by atoms with Crippen molar-refractivity contribution in [1.29, 1.82) is 0 Å². The van der Waals surface area contributed by atoms with E-state index in [-0.39, 0.29) is 34.5 Å². The van der Waals surface area contributed by atoms with Crippen LogP contribution in [0, 0.1) is 0 Å². The first-order valence-corrected chi connectivity index (χ1v) is 21.3. The normalized spacial score (nSPS) is 24.0. The molecule has 2 heterocycles. The molecule has 0 spiro atoms. The second-order valence-corrected chi connectivity index (χ2v) is 15.4. The van der Waals surface area contributed by atoms with Gasteiger partial charge in [-0.05, 0) is 71.3 Å². The Hall–Kier alpha value is -7.70. The average Bonchev–Trinajstić information content (AvgIpc) is 3.58. The summed E-state index contributed by atoms with van der Waals surface area (Å²) < 4.78 is 66.5. The molecule has 9 atom stereocenters. The molecule has 5 rings (SSSR count). The highest BCUT2D eigenvalue weighted by Crippen LogP contribution is 2.40. The van der Waals surface area contributed by atoms with Crippen molar-refractivity contribution in [2.45, 2.75) is 75.6 Å². The van der Waals surface area contributed by atoms with Crippen LogP contribution in [0.15, 0.2) is 72.8 Å². The number of carbonyl (C=O) groups is 6. The fraction of sp³-hybridized carbons (Fsp3) is 0.375. The first-order chi connectivity index (χ1) is 33.8. The highest BCUT2D eigenvalue weighted by molar-refractivity contribution is 5.88. The Kier molecular flexibility index (Phi) is 18.9. The molecule has 0 bridgehead atoms. The second kappa shape index (κ2) is 24.7. The van der Waals surface area contributed by atoms with Gasteiger partial charge in [-0.1, -0.05) is 18.2 Å². The van der Waals surface area contributed by atoms with Crippen molar-refractivity contribution < 1.29 is 111 Å². The zero-order valence-corrected chi connectivity index (χ0v) is 39.0. The number of aromatic hydroxyl groups is 3. The number of aliphatic hydroxyl groups is 2. The highest BCUT2D eigenvalue weighted by Gasteiger charge is 2.63. The summed E-state index contributed by atoms with van der Waals surface area (Å²) in [5.74, 6) is -9.16. The lowest BCUT2D eigenvalue weighted by atomic mass is 9.98. The molecule has 382 valence electrons. The predicted octanol–water partition coefficient (Wildman–Crippen LogP) is 2.25. The Morgan fingerprint density at radius 1 is 0.563 bits per heavy atom. The number of rotatable bonds is 20. The number of phenolic OH excluding ortho intramolecular Hbond substituents is 3. The zero-order chi connectivity index (χ0) is 52.0. The van der Waals surface area contributed by atoms with E-state index < -0.39 is 110 Å². The molecule has 3 aromatic carbocycles. The highest BCUT2D eigenvalue weighted by atomic mass is 16.8. The summed E-state index contributed by atoms with van der Waals surface area (Å²) >= 11 is 0. The van der Waals surface area contributed by atoms with Gasteiger partial charge in [-0.3, -0.25) is 14.4 Å². The van der Waals surface area contributed by atoms with Crippen LogP contribution < -0.4 is 14.2 Å². The van der Waals surface area contributed by atoms with Crippen LogP contribution >= 0.6 is 0 Å². The number of aliphatic hydroxyl groups excluding tert-OH is 2. The van der Waals surface area contributed by atoms with Gasteiger partial charge in [0.2, 0.25) is 12.1 Å². The Morgan fingerprint density at radius 3 is 1.48 bits per heavy atom. The summed E-state index contributed by atoms with van der Waals surface area (Å²) in [6.45, 7) is 0.383. The van der Waals surface area contributed by atoms with E-state index in [1.165, 1.54) is 94.2 Å². The van der Waals surface area contributed by atoms with Gasteiger partial charge in [-0.2, -0.15) is 0 Å². The quantitative estimate of drug-likeness (QED) is 0.0616. The summed E-state index contributed by atoms with van der Waals surface area (Å²) in [6, 6.07) is 12.5. The van der Waals surface area contributed by atoms with Crippen molar-refractivity contribution in [3.05, 3.63) is 89.5 Å². The van der Waals surface area contributed by atoms with Crippen molar-refractivity contribution in [3.8, 4) is 34.5 Å². The number of benzene rings is 3. The third-order valence-electron chi connectivity index (χ3n) is 10.4. The lowest BCUT2D eigenvalue weighted by Crippen LogP contribution is -2.65. The van der Waals surface area contributed by atoms with Crippen LogP contribution in [0.4, 0.5) is 0 Å². The van der Waals surface area contributed by atoms with E-state index in [2.05, 4.69) is 0 Å². The minimum atomic E-state index is -2.77. The van der Waals surface area contributed by atoms with Crippen LogP contribution in [-0.4, -0.2) is 157 Å². The molecule has 23 nitrogen and oxygen atoms in total. The number of phenols is 3. The molecule has 2 saturated heterocycles. The first kappa shape index (κ1) is 54.2. The number of esters is 6. The SMILES string of the molecule is COc1cc(C=CC(=O)OC[C@H]2O[C@@](COC(=O)C=Cc3ccc(O)c(OC)c3)(O[C@H]3O[C@H](COC(C)=O)[C@@H](OC(C)=O)[C@H](O)[C@H]3OC(C)=O)[C@@H](OC(=O)C=Cc3ccc(O)c(OC)c3)[C@@H]2O)ccc1O. The first-order valence-electron chi connectivity index (χ1n) is 21.3. The van der Waals surface area contributed by atoms with Crippen LogP contribution in [0.5, 0.6) is 34.5 Å². The molecule has 2 aliphatic heterocycles. The van der Waals surface area contributed by atoms with Gasteiger partial charge in [0, 0.05) is 39.0 Å². The minimum absolute atomic E-state index is 0.0583. The van der Waals surface area contributed by atoms with E-state index in [4.69, 9.17) is 56.8 Å². The minimum Gasteiger partial charge on any atom is -0.504 e. The van der Waals surface area contributed by atoms with E-state index in [1.807, 2.05) is 0 Å². The number of carbonyl (C=O) groups excluding carboxylic acids is 6. The van der Waals surface area contributed by atoms with Crippen LogP contribution in [0.3, 0.4) is 0 Å². The number of ether oxygens (including phenoxy) is 12. The van der Waals surface area contributed by atoms with E-state index in [0.29, 0.717) is 16.7 Å². The molecule has 0 unspecified atom stereocenters. The van der Waals surface area contributed by atoms with Crippen molar-refractivity contribution in [2.24, 2.45) is 0 Å². The number of hydrogen-bond acceptors (Lipinski definition) is 23. The second-order valence-electron chi connectivity index (χ2n) is 15.4.